The summed E-state index contributed by atoms with van der Waals surface area (Å²) in [6, 6.07) is 9.24. The van der Waals surface area contributed by atoms with E-state index >= 15 is 0 Å². The molecule has 4 saturated carbocycles. The molecule has 0 radical (unpaired) electrons. The number of amides is 1. The van der Waals surface area contributed by atoms with Gasteiger partial charge in [0.15, 0.2) is 0 Å². The average molecular weight is 421 g/mol. The number of aromatic nitrogens is 3. The van der Waals surface area contributed by atoms with Crippen LogP contribution in [0, 0.1) is 17.8 Å². The van der Waals surface area contributed by atoms with Crippen LogP contribution in [-0.2, 0) is 5.41 Å². The number of benzene rings is 1. The van der Waals surface area contributed by atoms with Gasteiger partial charge in [0.25, 0.3) is 5.91 Å². The number of nitrogens with one attached hydrogen (secondary N) is 1. The van der Waals surface area contributed by atoms with Crippen molar-refractivity contribution >= 4 is 33.3 Å². The standard InChI is InChI=1S/C23H24N4O2S/c1-29-17-3-5-18-16(9-17)2-4-19(24-18)20(28)25-22-27-26-21(30-22)23-10-13-6-14(11-23)8-15(7-13)12-23/h2-5,9,13-15H,6-8,10-12H2,1H3,(H,25,27,28). The van der Waals surface area contributed by atoms with E-state index in [0.717, 1.165) is 39.4 Å². The van der Waals surface area contributed by atoms with E-state index in [-0.39, 0.29) is 11.3 Å². The molecule has 0 aliphatic heterocycles. The van der Waals surface area contributed by atoms with E-state index in [9.17, 15) is 4.79 Å². The number of nitrogens with zero attached hydrogens (tertiary/aromatic N) is 3. The predicted molar refractivity (Wildman–Crippen MR) is 116 cm³/mol. The Labute approximate surface area is 179 Å². The van der Waals surface area contributed by atoms with E-state index in [0.29, 0.717) is 10.8 Å². The molecule has 1 aromatic carbocycles. The molecule has 0 spiro atoms. The van der Waals surface area contributed by atoms with E-state index in [4.69, 9.17) is 4.74 Å². The monoisotopic (exact) mass is 420 g/mol. The third kappa shape index (κ3) is 2.98. The summed E-state index contributed by atoms with van der Waals surface area (Å²) in [6.07, 6.45) is 7.95. The van der Waals surface area contributed by atoms with Crippen molar-refractivity contribution in [1.82, 2.24) is 15.2 Å². The van der Waals surface area contributed by atoms with Gasteiger partial charge in [-0.15, -0.1) is 10.2 Å². The van der Waals surface area contributed by atoms with E-state index in [1.807, 2.05) is 24.3 Å². The van der Waals surface area contributed by atoms with Crippen molar-refractivity contribution in [3.05, 3.63) is 41.0 Å². The summed E-state index contributed by atoms with van der Waals surface area (Å²) in [7, 11) is 1.64. The Hall–Kier alpha value is -2.54. The summed E-state index contributed by atoms with van der Waals surface area (Å²) in [6.45, 7) is 0. The van der Waals surface area contributed by atoms with Gasteiger partial charge in [0.1, 0.15) is 16.5 Å². The third-order valence-electron chi connectivity index (χ3n) is 7.27. The van der Waals surface area contributed by atoms with Crippen molar-refractivity contribution in [2.24, 2.45) is 17.8 Å². The molecular weight excluding hydrogens is 396 g/mol. The zero-order chi connectivity index (χ0) is 20.3. The molecule has 4 aliphatic carbocycles. The first-order valence-electron chi connectivity index (χ1n) is 10.7. The zero-order valence-corrected chi connectivity index (χ0v) is 17.7. The average Bonchev–Trinajstić information content (AvgIpc) is 3.21. The van der Waals surface area contributed by atoms with Gasteiger partial charge in [-0.2, -0.15) is 0 Å². The van der Waals surface area contributed by atoms with Gasteiger partial charge >= 0.3 is 0 Å². The molecule has 7 rings (SSSR count). The number of hydrogen-bond donors (Lipinski definition) is 1. The minimum absolute atomic E-state index is 0.204. The van der Waals surface area contributed by atoms with Crippen molar-refractivity contribution in [3.8, 4) is 5.75 Å². The Kier molecular flexibility index (Phi) is 4.10. The molecule has 154 valence electrons. The van der Waals surface area contributed by atoms with E-state index in [2.05, 4.69) is 20.5 Å². The Morgan fingerprint density at radius 3 is 2.50 bits per heavy atom. The molecule has 0 atom stereocenters. The fourth-order valence-electron chi connectivity index (χ4n) is 6.38. The SMILES string of the molecule is COc1ccc2nc(C(=O)Nc3nnc(C45CC6CC(CC(C6)C4)C5)s3)ccc2c1. The lowest BCUT2D eigenvalue weighted by atomic mass is 9.50. The van der Waals surface area contributed by atoms with Crippen LogP contribution in [0.1, 0.15) is 54.0 Å². The van der Waals surface area contributed by atoms with Gasteiger partial charge in [-0.05, 0) is 80.5 Å². The number of methoxy groups -OCH3 is 1. The molecule has 30 heavy (non-hydrogen) atoms. The van der Waals surface area contributed by atoms with Crippen LogP contribution in [0.25, 0.3) is 10.9 Å². The second-order valence-electron chi connectivity index (χ2n) is 9.32. The number of hydrogen-bond acceptors (Lipinski definition) is 6. The second kappa shape index (κ2) is 6.74. The van der Waals surface area contributed by atoms with Crippen LogP contribution in [0.2, 0.25) is 0 Å². The molecule has 4 bridgehead atoms. The van der Waals surface area contributed by atoms with Gasteiger partial charge < -0.3 is 4.74 Å². The summed E-state index contributed by atoms with van der Waals surface area (Å²) in [5.41, 5.74) is 1.34. The number of ether oxygens (including phenoxy) is 1. The first kappa shape index (κ1) is 18.2. The lowest BCUT2D eigenvalue weighted by molar-refractivity contribution is -0.00555. The minimum Gasteiger partial charge on any atom is -0.497 e. The summed E-state index contributed by atoms with van der Waals surface area (Å²) in [5, 5.41) is 14.4. The van der Waals surface area contributed by atoms with Crippen LogP contribution >= 0.6 is 11.3 Å². The van der Waals surface area contributed by atoms with E-state index in [1.165, 1.54) is 38.5 Å². The smallest absolute Gasteiger partial charge is 0.276 e. The molecule has 7 heteroatoms. The highest BCUT2D eigenvalue weighted by Crippen LogP contribution is 2.61. The molecule has 1 N–H and O–H groups in total. The van der Waals surface area contributed by atoms with Crippen LogP contribution in [0.4, 0.5) is 5.13 Å². The van der Waals surface area contributed by atoms with Crippen molar-refractivity contribution in [2.45, 2.75) is 43.9 Å². The number of pyridine rings is 1. The van der Waals surface area contributed by atoms with Gasteiger partial charge in [0, 0.05) is 10.8 Å². The Morgan fingerprint density at radius 1 is 1.07 bits per heavy atom. The van der Waals surface area contributed by atoms with Crippen molar-refractivity contribution < 1.29 is 9.53 Å². The Morgan fingerprint density at radius 2 is 1.80 bits per heavy atom. The van der Waals surface area contributed by atoms with E-state index < -0.39 is 0 Å². The maximum absolute atomic E-state index is 12.8. The van der Waals surface area contributed by atoms with Gasteiger partial charge in [-0.25, -0.2) is 4.98 Å². The van der Waals surface area contributed by atoms with E-state index in [1.54, 1.807) is 24.5 Å². The summed E-state index contributed by atoms with van der Waals surface area (Å²) >= 11 is 1.55. The van der Waals surface area contributed by atoms with Crippen LogP contribution in [0.3, 0.4) is 0 Å². The van der Waals surface area contributed by atoms with Gasteiger partial charge in [0.2, 0.25) is 5.13 Å². The molecule has 6 nitrogen and oxygen atoms in total. The van der Waals surface area contributed by atoms with Gasteiger partial charge in [0.05, 0.1) is 12.6 Å². The number of carbonyl (C=O) groups is 1. The first-order valence-corrected chi connectivity index (χ1v) is 11.5. The number of carbonyl (C=O) groups excluding carboxylic acids is 1. The topological polar surface area (TPSA) is 77.0 Å². The fraction of sp³-hybridized carbons (Fsp3) is 0.478. The molecule has 3 aromatic rings. The highest BCUT2D eigenvalue weighted by Gasteiger charge is 2.53. The predicted octanol–water partition coefficient (Wildman–Crippen LogP) is 4.82. The minimum atomic E-state index is -0.249. The van der Waals surface area contributed by atoms with Crippen LogP contribution in [0.15, 0.2) is 30.3 Å². The fourth-order valence-corrected chi connectivity index (χ4v) is 7.34. The van der Waals surface area contributed by atoms with Gasteiger partial charge in [-0.1, -0.05) is 17.4 Å². The molecule has 0 saturated heterocycles. The largest absolute Gasteiger partial charge is 0.497 e. The van der Waals surface area contributed by atoms with Crippen molar-refractivity contribution in [2.75, 3.05) is 12.4 Å². The van der Waals surface area contributed by atoms with Crippen LogP contribution in [0.5, 0.6) is 5.75 Å². The van der Waals surface area contributed by atoms with Crippen LogP contribution in [-0.4, -0.2) is 28.2 Å². The lowest BCUT2D eigenvalue weighted by Gasteiger charge is -2.55. The quantitative estimate of drug-likeness (QED) is 0.655. The maximum Gasteiger partial charge on any atom is 0.276 e. The van der Waals surface area contributed by atoms with Crippen molar-refractivity contribution in [3.63, 3.8) is 0 Å². The molecule has 2 heterocycles. The molecule has 4 aliphatic rings. The molecule has 0 unspecified atom stereocenters. The lowest BCUT2D eigenvalue weighted by Crippen LogP contribution is -2.48. The molecule has 2 aromatic heterocycles. The summed E-state index contributed by atoms with van der Waals surface area (Å²) in [4.78, 5) is 17.3. The second-order valence-corrected chi connectivity index (χ2v) is 10.3. The third-order valence-corrected chi connectivity index (χ3v) is 8.35. The molecular formula is C23H24N4O2S. The Balaban J connectivity index is 1.22. The number of anilines is 1. The van der Waals surface area contributed by atoms with Crippen molar-refractivity contribution in [1.29, 1.82) is 0 Å². The summed E-state index contributed by atoms with van der Waals surface area (Å²) < 4.78 is 5.25. The Bertz CT molecular complexity index is 1110. The first-order chi connectivity index (χ1) is 14.6. The molecule has 1 amide bonds. The normalized spacial score (nSPS) is 29.3. The number of rotatable bonds is 4. The highest BCUT2D eigenvalue weighted by atomic mass is 32.1. The maximum atomic E-state index is 12.8. The van der Waals surface area contributed by atoms with Gasteiger partial charge in [-0.3, -0.25) is 10.1 Å². The zero-order valence-electron chi connectivity index (χ0n) is 16.9. The summed E-state index contributed by atoms with van der Waals surface area (Å²) in [5.74, 6) is 3.10. The highest BCUT2D eigenvalue weighted by molar-refractivity contribution is 7.15. The number of fused-ring (bicyclic) bond motifs is 1. The van der Waals surface area contributed by atoms with Crippen LogP contribution < -0.4 is 10.1 Å². The molecule has 4 fully saturated rings.